The van der Waals surface area contributed by atoms with Crippen LogP contribution in [0.4, 0.5) is 5.95 Å². The smallest absolute Gasteiger partial charge is 0.263 e. The Kier molecular flexibility index (Phi) is 4.24. The highest BCUT2D eigenvalue weighted by Gasteiger charge is 2.25. The summed E-state index contributed by atoms with van der Waals surface area (Å²) in [5.74, 6) is 0.565. The molecular formula is C19H23N5O2. The third-order valence-corrected chi connectivity index (χ3v) is 4.82. The molecule has 3 heterocycles. The minimum atomic E-state index is -0.166. The van der Waals surface area contributed by atoms with Crippen molar-refractivity contribution in [2.45, 2.75) is 33.3 Å². The van der Waals surface area contributed by atoms with Crippen LogP contribution in [0.15, 0.2) is 29.2 Å². The molecular weight excluding hydrogens is 330 g/mol. The van der Waals surface area contributed by atoms with Gasteiger partial charge in [0.15, 0.2) is 5.65 Å². The highest BCUT2D eigenvalue weighted by atomic mass is 16.5. The summed E-state index contributed by atoms with van der Waals surface area (Å²) in [5.41, 5.74) is 3.55. The molecule has 1 aliphatic heterocycles. The summed E-state index contributed by atoms with van der Waals surface area (Å²) in [6, 6.07) is 6.15. The van der Waals surface area contributed by atoms with Gasteiger partial charge in [0.1, 0.15) is 5.39 Å². The second-order valence-corrected chi connectivity index (χ2v) is 6.80. The van der Waals surface area contributed by atoms with Crippen molar-refractivity contribution in [3.05, 3.63) is 45.9 Å². The Balaban J connectivity index is 1.71. The molecule has 1 aliphatic rings. The van der Waals surface area contributed by atoms with Crippen LogP contribution in [0.1, 0.15) is 24.5 Å². The lowest BCUT2D eigenvalue weighted by Crippen LogP contribution is -2.26. The first-order chi connectivity index (χ1) is 12.5. The Morgan fingerprint density at radius 1 is 1.35 bits per heavy atom. The van der Waals surface area contributed by atoms with Gasteiger partial charge in [0.2, 0.25) is 5.95 Å². The minimum Gasteiger partial charge on any atom is -0.377 e. The molecule has 0 radical (unpaired) electrons. The molecule has 2 aromatic heterocycles. The number of aryl methyl sites for hydroxylation is 2. The van der Waals surface area contributed by atoms with Crippen LogP contribution >= 0.6 is 0 Å². The standard InChI is InChI=1S/C19H23N5O2/c1-4-26-14-7-8-23(10-14)19-20-17-15(18(25)21-19)11-24(22-17)16-6-5-12(2)9-13(16)3/h5-6,9,11,14H,4,7-8,10H2,1-3H3,(H,20,21,22,25). The van der Waals surface area contributed by atoms with Crippen molar-refractivity contribution in [1.82, 2.24) is 19.7 Å². The van der Waals surface area contributed by atoms with Crippen LogP contribution in [0.25, 0.3) is 16.7 Å². The second kappa shape index (κ2) is 6.57. The third kappa shape index (κ3) is 2.99. The monoisotopic (exact) mass is 353 g/mol. The quantitative estimate of drug-likeness (QED) is 0.779. The zero-order valence-corrected chi connectivity index (χ0v) is 15.3. The van der Waals surface area contributed by atoms with Crippen molar-refractivity contribution in [2.24, 2.45) is 0 Å². The number of nitrogens with zero attached hydrogens (tertiary/aromatic N) is 4. The third-order valence-electron chi connectivity index (χ3n) is 4.82. The van der Waals surface area contributed by atoms with Gasteiger partial charge in [0, 0.05) is 25.9 Å². The van der Waals surface area contributed by atoms with Crippen LogP contribution in [0.2, 0.25) is 0 Å². The molecule has 7 heteroatoms. The Hall–Kier alpha value is -2.67. The topological polar surface area (TPSA) is 76.0 Å². The molecule has 7 nitrogen and oxygen atoms in total. The van der Waals surface area contributed by atoms with E-state index < -0.39 is 0 Å². The summed E-state index contributed by atoms with van der Waals surface area (Å²) >= 11 is 0. The maximum absolute atomic E-state index is 12.5. The molecule has 136 valence electrons. The summed E-state index contributed by atoms with van der Waals surface area (Å²) in [5, 5.41) is 5.04. The van der Waals surface area contributed by atoms with E-state index in [9.17, 15) is 4.79 Å². The van der Waals surface area contributed by atoms with Gasteiger partial charge in [-0.15, -0.1) is 5.10 Å². The van der Waals surface area contributed by atoms with Crippen molar-refractivity contribution in [1.29, 1.82) is 0 Å². The normalized spacial score (nSPS) is 17.3. The zero-order valence-electron chi connectivity index (χ0n) is 15.3. The molecule has 0 amide bonds. The first-order valence-corrected chi connectivity index (χ1v) is 8.99. The molecule has 1 atom stereocenters. The van der Waals surface area contributed by atoms with Gasteiger partial charge in [-0.05, 0) is 38.8 Å². The Morgan fingerprint density at radius 2 is 2.19 bits per heavy atom. The highest BCUT2D eigenvalue weighted by Crippen LogP contribution is 2.20. The SMILES string of the molecule is CCOC1CCN(c2nc3nn(-c4ccc(C)cc4C)cc3c(=O)[nH]2)C1. The summed E-state index contributed by atoms with van der Waals surface area (Å²) in [6.07, 6.45) is 2.87. The van der Waals surface area contributed by atoms with Crippen molar-refractivity contribution in [3.8, 4) is 5.69 Å². The second-order valence-electron chi connectivity index (χ2n) is 6.80. The van der Waals surface area contributed by atoms with Crippen molar-refractivity contribution in [3.63, 3.8) is 0 Å². The molecule has 1 unspecified atom stereocenters. The number of rotatable bonds is 4. The molecule has 0 bridgehead atoms. The summed E-state index contributed by atoms with van der Waals surface area (Å²) in [4.78, 5) is 22.1. The summed E-state index contributed by atoms with van der Waals surface area (Å²) in [7, 11) is 0. The van der Waals surface area contributed by atoms with Crippen molar-refractivity contribution in [2.75, 3.05) is 24.6 Å². The number of aromatic amines is 1. The number of ether oxygens (including phenoxy) is 1. The molecule has 1 aromatic carbocycles. The van der Waals surface area contributed by atoms with Crippen LogP contribution in [-0.2, 0) is 4.74 Å². The minimum absolute atomic E-state index is 0.166. The number of aromatic nitrogens is 4. The molecule has 1 fully saturated rings. The van der Waals surface area contributed by atoms with Gasteiger partial charge in [-0.25, -0.2) is 4.68 Å². The maximum Gasteiger partial charge on any atom is 0.263 e. The fourth-order valence-electron chi connectivity index (χ4n) is 3.53. The molecule has 3 aromatic rings. The van der Waals surface area contributed by atoms with Gasteiger partial charge in [-0.2, -0.15) is 4.98 Å². The predicted molar refractivity (Wildman–Crippen MR) is 101 cm³/mol. The van der Waals surface area contributed by atoms with Gasteiger partial charge in [-0.3, -0.25) is 9.78 Å². The Morgan fingerprint density at radius 3 is 2.96 bits per heavy atom. The number of anilines is 1. The average Bonchev–Trinajstić information content (AvgIpc) is 3.22. The molecule has 0 spiro atoms. The van der Waals surface area contributed by atoms with Crippen LogP contribution in [0.5, 0.6) is 0 Å². The van der Waals surface area contributed by atoms with E-state index in [1.807, 2.05) is 26.0 Å². The largest absolute Gasteiger partial charge is 0.377 e. The molecule has 1 N–H and O–H groups in total. The van der Waals surface area contributed by atoms with Crippen LogP contribution < -0.4 is 10.5 Å². The van der Waals surface area contributed by atoms with E-state index in [-0.39, 0.29) is 11.7 Å². The first-order valence-electron chi connectivity index (χ1n) is 8.99. The highest BCUT2D eigenvalue weighted by molar-refractivity contribution is 5.74. The molecule has 0 saturated carbocycles. The maximum atomic E-state index is 12.5. The Labute approximate surface area is 151 Å². The number of hydrogen-bond acceptors (Lipinski definition) is 5. The van der Waals surface area contributed by atoms with Gasteiger partial charge in [0.25, 0.3) is 5.56 Å². The predicted octanol–water partition coefficient (Wildman–Crippen LogP) is 2.34. The fraction of sp³-hybridized carbons (Fsp3) is 0.421. The fourth-order valence-corrected chi connectivity index (χ4v) is 3.53. The lowest BCUT2D eigenvalue weighted by molar-refractivity contribution is 0.0787. The number of benzene rings is 1. The number of nitrogens with one attached hydrogen (secondary N) is 1. The number of hydrogen-bond donors (Lipinski definition) is 1. The van der Waals surface area contributed by atoms with Gasteiger partial charge in [-0.1, -0.05) is 17.7 Å². The molecule has 0 aliphatic carbocycles. The van der Waals surface area contributed by atoms with Crippen LogP contribution in [-0.4, -0.2) is 45.5 Å². The number of H-pyrrole nitrogens is 1. The van der Waals surface area contributed by atoms with Crippen LogP contribution in [0.3, 0.4) is 0 Å². The van der Waals surface area contributed by atoms with E-state index in [0.717, 1.165) is 30.8 Å². The van der Waals surface area contributed by atoms with Crippen LogP contribution in [0, 0.1) is 13.8 Å². The van der Waals surface area contributed by atoms with Crippen molar-refractivity contribution >= 4 is 17.0 Å². The molecule has 4 rings (SSSR count). The molecule has 26 heavy (non-hydrogen) atoms. The first kappa shape index (κ1) is 16.8. The van der Waals surface area contributed by atoms with E-state index in [1.54, 1.807) is 10.9 Å². The average molecular weight is 353 g/mol. The van der Waals surface area contributed by atoms with Gasteiger partial charge < -0.3 is 9.64 Å². The zero-order chi connectivity index (χ0) is 18.3. The number of fused-ring (bicyclic) bond motifs is 1. The van der Waals surface area contributed by atoms with E-state index >= 15 is 0 Å². The van der Waals surface area contributed by atoms with E-state index in [0.29, 0.717) is 23.6 Å². The molecule has 1 saturated heterocycles. The van der Waals surface area contributed by atoms with E-state index in [1.165, 1.54) is 5.56 Å². The summed E-state index contributed by atoms with van der Waals surface area (Å²) in [6.45, 7) is 8.34. The van der Waals surface area contributed by atoms with E-state index in [2.05, 4.69) is 33.0 Å². The van der Waals surface area contributed by atoms with E-state index in [4.69, 9.17) is 4.74 Å². The summed E-state index contributed by atoms with van der Waals surface area (Å²) < 4.78 is 7.41. The Bertz CT molecular complexity index is 1010. The lowest BCUT2D eigenvalue weighted by atomic mass is 10.1. The van der Waals surface area contributed by atoms with Crippen molar-refractivity contribution < 1.29 is 4.74 Å². The van der Waals surface area contributed by atoms with Gasteiger partial charge >= 0.3 is 0 Å². The van der Waals surface area contributed by atoms with Gasteiger partial charge in [0.05, 0.1) is 11.8 Å². The lowest BCUT2D eigenvalue weighted by Gasteiger charge is -2.16.